The number of nitrogens with one attached hydrogen (secondary N) is 2. The topological polar surface area (TPSA) is 115 Å². The van der Waals surface area contributed by atoms with Crippen LogP contribution >= 0.6 is 0 Å². The summed E-state index contributed by atoms with van der Waals surface area (Å²) in [6, 6.07) is 13.0. The third kappa shape index (κ3) is 4.17. The summed E-state index contributed by atoms with van der Waals surface area (Å²) in [4.78, 5) is 24.8. The molecule has 0 aliphatic heterocycles. The molecule has 0 radical (unpaired) electrons. The maximum Gasteiger partial charge on any atom is 0.280 e. The zero-order valence-electron chi connectivity index (χ0n) is 16.0. The number of amides is 2. The lowest BCUT2D eigenvalue weighted by atomic mass is 10.1. The molecule has 0 spiro atoms. The van der Waals surface area contributed by atoms with E-state index in [0.29, 0.717) is 11.4 Å². The molecule has 144 valence electrons. The van der Waals surface area contributed by atoms with Crippen molar-refractivity contribution in [2.24, 2.45) is 0 Å². The molecule has 0 fully saturated rings. The second-order valence-corrected chi connectivity index (χ2v) is 6.60. The molecule has 1 aromatic heterocycles. The van der Waals surface area contributed by atoms with Gasteiger partial charge in [-0.3, -0.25) is 9.59 Å². The van der Waals surface area contributed by atoms with E-state index in [4.69, 9.17) is 5.73 Å². The van der Waals surface area contributed by atoms with E-state index in [-0.39, 0.29) is 24.0 Å². The van der Waals surface area contributed by atoms with Gasteiger partial charge in [-0.05, 0) is 55.7 Å². The largest absolute Gasteiger partial charge is 0.382 e. The molecule has 8 heteroatoms. The molecule has 0 bridgehead atoms. The first kappa shape index (κ1) is 19.1. The number of aromatic nitrogens is 3. The molecular formula is C20H22N6O2. The Hall–Kier alpha value is -3.68. The van der Waals surface area contributed by atoms with Crippen LogP contribution in [0.1, 0.15) is 27.2 Å². The van der Waals surface area contributed by atoms with Gasteiger partial charge >= 0.3 is 0 Å². The van der Waals surface area contributed by atoms with E-state index < -0.39 is 5.91 Å². The van der Waals surface area contributed by atoms with Gasteiger partial charge in [0.1, 0.15) is 6.54 Å². The van der Waals surface area contributed by atoms with Crippen LogP contribution in [-0.2, 0) is 11.3 Å². The zero-order valence-corrected chi connectivity index (χ0v) is 16.0. The van der Waals surface area contributed by atoms with Crippen LogP contribution in [0, 0.1) is 20.8 Å². The Labute approximate surface area is 162 Å². The minimum absolute atomic E-state index is 0.0238. The van der Waals surface area contributed by atoms with Crippen LogP contribution in [0.5, 0.6) is 0 Å². The maximum absolute atomic E-state index is 12.5. The number of rotatable bonds is 5. The van der Waals surface area contributed by atoms with Crippen molar-refractivity contribution in [3.8, 4) is 0 Å². The lowest BCUT2D eigenvalue weighted by Gasteiger charge is -2.09. The highest BCUT2D eigenvalue weighted by atomic mass is 16.2. The smallest absolute Gasteiger partial charge is 0.280 e. The van der Waals surface area contributed by atoms with Crippen LogP contribution in [0.25, 0.3) is 0 Å². The van der Waals surface area contributed by atoms with Gasteiger partial charge in [0.05, 0.1) is 0 Å². The number of hydrogen-bond donors (Lipinski definition) is 3. The van der Waals surface area contributed by atoms with Gasteiger partial charge in [0.2, 0.25) is 5.91 Å². The third-order valence-electron chi connectivity index (χ3n) is 4.44. The minimum atomic E-state index is -0.475. The molecule has 0 unspecified atom stereocenters. The number of carbonyl (C=O) groups excluding carboxylic acids is 2. The predicted molar refractivity (Wildman–Crippen MR) is 108 cm³/mol. The van der Waals surface area contributed by atoms with Crippen molar-refractivity contribution < 1.29 is 9.59 Å². The highest BCUT2D eigenvalue weighted by molar-refractivity contribution is 6.06. The van der Waals surface area contributed by atoms with Gasteiger partial charge in [-0.25, -0.2) is 4.68 Å². The van der Waals surface area contributed by atoms with Gasteiger partial charge < -0.3 is 16.4 Å². The number of benzene rings is 2. The maximum atomic E-state index is 12.5. The van der Waals surface area contributed by atoms with Gasteiger partial charge in [-0.1, -0.05) is 29.5 Å². The third-order valence-corrected chi connectivity index (χ3v) is 4.44. The summed E-state index contributed by atoms with van der Waals surface area (Å²) in [5, 5.41) is 13.2. The monoisotopic (exact) mass is 378 g/mol. The molecule has 28 heavy (non-hydrogen) atoms. The summed E-state index contributed by atoms with van der Waals surface area (Å²) < 4.78 is 1.20. The molecule has 0 atom stereocenters. The molecular weight excluding hydrogens is 356 g/mol. The normalized spacial score (nSPS) is 10.5. The van der Waals surface area contributed by atoms with Crippen LogP contribution in [0.3, 0.4) is 0 Å². The van der Waals surface area contributed by atoms with Crippen LogP contribution in [0.15, 0.2) is 42.5 Å². The molecule has 0 aliphatic carbocycles. The number of nitrogens with two attached hydrogens (primary N) is 1. The molecule has 3 aromatic rings. The fraction of sp³-hybridized carbons (Fsp3) is 0.200. The van der Waals surface area contributed by atoms with Crippen molar-refractivity contribution >= 4 is 29.0 Å². The van der Waals surface area contributed by atoms with Crippen molar-refractivity contribution in [2.45, 2.75) is 27.3 Å². The van der Waals surface area contributed by atoms with Gasteiger partial charge in [0, 0.05) is 11.4 Å². The highest BCUT2D eigenvalue weighted by Crippen LogP contribution is 2.19. The summed E-state index contributed by atoms with van der Waals surface area (Å²) >= 11 is 0. The molecule has 1 heterocycles. The van der Waals surface area contributed by atoms with Crippen molar-refractivity contribution in [1.29, 1.82) is 0 Å². The average molecular weight is 378 g/mol. The van der Waals surface area contributed by atoms with E-state index in [1.165, 1.54) is 4.68 Å². The Morgan fingerprint density at radius 3 is 2.57 bits per heavy atom. The van der Waals surface area contributed by atoms with Crippen molar-refractivity contribution in [1.82, 2.24) is 15.0 Å². The lowest BCUT2D eigenvalue weighted by molar-refractivity contribution is -0.116. The average Bonchev–Trinajstić information content (AvgIpc) is 2.99. The Kier molecular flexibility index (Phi) is 5.39. The number of nitrogens with zero attached hydrogens (tertiary/aromatic N) is 3. The molecule has 0 saturated carbocycles. The molecule has 8 nitrogen and oxygen atoms in total. The van der Waals surface area contributed by atoms with Gasteiger partial charge in [0.25, 0.3) is 5.91 Å². The Bertz CT molecular complexity index is 1040. The van der Waals surface area contributed by atoms with Crippen LogP contribution in [0.2, 0.25) is 0 Å². The minimum Gasteiger partial charge on any atom is -0.382 e. The molecule has 2 aromatic carbocycles. The Morgan fingerprint density at radius 2 is 1.82 bits per heavy atom. The zero-order chi connectivity index (χ0) is 20.3. The molecule has 2 amide bonds. The van der Waals surface area contributed by atoms with E-state index in [0.717, 1.165) is 16.7 Å². The molecule has 0 saturated heterocycles. The van der Waals surface area contributed by atoms with E-state index in [1.54, 1.807) is 12.1 Å². The summed E-state index contributed by atoms with van der Waals surface area (Å²) in [6.07, 6.45) is 0. The highest BCUT2D eigenvalue weighted by Gasteiger charge is 2.19. The SMILES string of the molecule is Cc1cccc(NC(=O)Cn2nnc(C(=O)Nc3cccc(C)c3C)c2N)c1. The number of nitrogen functional groups attached to an aromatic ring is 1. The number of anilines is 3. The molecule has 3 rings (SSSR count). The van der Waals surface area contributed by atoms with Crippen LogP contribution < -0.4 is 16.4 Å². The Morgan fingerprint density at radius 1 is 1.07 bits per heavy atom. The first-order valence-electron chi connectivity index (χ1n) is 8.78. The number of hydrogen-bond acceptors (Lipinski definition) is 5. The van der Waals surface area contributed by atoms with Gasteiger partial charge in [-0.2, -0.15) is 0 Å². The van der Waals surface area contributed by atoms with Crippen LogP contribution in [-0.4, -0.2) is 26.8 Å². The molecule has 4 N–H and O–H groups in total. The fourth-order valence-electron chi connectivity index (χ4n) is 2.73. The fourth-order valence-corrected chi connectivity index (χ4v) is 2.73. The van der Waals surface area contributed by atoms with Crippen molar-refractivity contribution in [3.63, 3.8) is 0 Å². The van der Waals surface area contributed by atoms with E-state index >= 15 is 0 Å². The first-order valence-corrected chi connectivity index (χ1v) is 8.78. The number of aryl methyl sites for hydroxylation is 2. The lowest BCUT2D eigenvalue weighted by Crippen LogP contribution is -2.21. The molecule has 0 aliphatic rings. The van der Waals surface area contributed by atoms with Gasteiger partial charge in [0.15, 0.2) is 11.5 Å². The second kappa shape index (κ2) is 7.91. The summed E-state index contributed by atoms with van der Waals surface area (Å²) in [7, 11) is 0. The summed E-state index contributed by atoms with van der Waals surface area (Å²) in [6.45, 7) is 5.67. The summed E-state index contributed by atoms with van der Waals surface area (Å²) in [5.74, 6) is -0.762. The van der Waals surface area contributed by atoms with Crippen LogP contribution in [0.4, 0.5) is 17.2 Å². The van der Waals surface area contributed by atoms with Crippen molar-refractivity contribution in [2.75, 3.05) is 16.4 Å². The first-order chi connectivity index (χ1) is 13.3. The van der Waals surface area contributed by atoms with Crippen molar-refractivity contribution in [3.05, 3.63) is 64.8 Å². The number of carbonyl (C=O) groups is 2. The quantitative estimate of drug-likeness (QED) is 0.631. The predicted octanol–water partition coefficient (Wildman–Crippen LogP) is 2.68. The standard InChI is InChI=1S/C20H22N6O2/c1-12-6-4-8-15(10-12)22-17(27)11-26-19(21)18(24-25-26)20(28)23-16-9-5-7-13(2)14(16)3/h4-10H,11,21H2,1-3H3,(H,22,27)(H,23,28). The summed E-state index contributed by atoms with van der Waals surface area (Å²) in [5.41, 5.74) is 10.4. The Balaban J connectivity index is 1.70. The van der Waals surface area contributed by atoms with Gasteiger partial charge in [-0.15, -0.1) is 5.10 Å². The van der Waals surface area contributed by atoms with E-state index in [1.807, 2.05) is 51.1 Å². The second-order valence-electron chi connectivity index (χ2n) is 6.60. The van der Waals surface area contributed by atoms with E-state index in [9.17, 15) is 9.59 Å². The van der Waals surface area contributed by atoms with E-state index in [2.05, 4.69) is 20.9 Å².